The van der Waals surface area contributed by atoms with Crippen molar-refractivity contribution in [2.45, 2.75) is 0 Å². The van der Waals surface area contributed by atoms with Crippen LogP contribution >= 0.6 is 0 Å². The van der Waals surface area contributed by atoms with E-state index in [0.29, 0.717) is 28.0 Å². The smallest absolute Gasteiger partial charge is 0.271 e. The van der Waals surface area contributed by atoms with E-state index < -0.39 is 4.92 Å². The number of rotatable bonds is 2. The van der Waals surface area contributed by atoms with Gasteiger partial charge in [-0.2, -0.15) is 5.26 Å². The van der Waals surface area contributed by atoms with Crippen molar-refractivity contribution in [1.82, 2.24) is 9.97 Å². The number of non-ortho nitro benzene ring substituents is 1. The summed E-state index contributed by atoms with van der Waals surface area (Å²) in [5.74, 6) is 0.526. The molecule has 0 spiro atoms. The van der Waals surface area contributed by atoms with Crippen LogP contribution in [0.1, 0.15) is 5.56 Å². The Hall–Kier alpha value is -3.20. The molecule has 96 valence electrons. The Balaban J connectivity index is 2.18. The van der Waals surface area contributed by atoms with Crippen molar-refractivity contribution in [3.63, 3.8) is 0 Å². The Morgan fingerprint density at radius 1 is 1.25 bits per heavy atom. The van der Waals surface area contributed by atoms with Gasteiger partial charge in [0, 0.05) is 17.7 Å². The van der Waals surface area contributed by atoms with E-state index in [2.05, 4.69) is 16.0 Å². The van der Waals surface area contributed by atoms with Crippen molar-refractivity contribution in [2.75, 3.05) is 0 Å². The molecule has 0 saturated carbocycles. The van der Waals surface area contributed by atoms with E-state index >= 15 is 0 Å². The zero-order chi connectivity index (χ0) is 14.1. The summed E-state index contributed by atoms with van der Waals surface area (Å²) in [5.41, 5.74) is 2.37. The van der Waals surface area contributed by atoms with E-state index in [1.165, 1.54) is 12.1 Å². The van der Waals surface area contributed by atoms with Gasteiger partial charge in [0.1, 0.15) is 5.82 Å². The van der Waals surface area contributed by atoms with Crippen LogP contribution < -0.4 is 0 Å². The summed E-state index contributed by atoms with van der Waals surface area (Å²) < 4.78 is 0. The predicted molar refractivity (Wildman–Crippen MR) is 72.9 cm³/mol. The molecule has 6 heteroatoms. The van der Waals surface area contributed by atoms with Gasteiger partial charge in [0.25, 0.3) is 5.69 Å². The van der Waals surface area contributed by atoms with E-state index in [1.54, 1.807) is 24.3 Å². The highest BCUT2D eigenvalue weighted by Gasteiger charge is 2.12. The Bertz CT molecular complexity index is 861. The molecule has 0 fully saturated rings. The first kappa shape index (κ1) is 11.9. The number of nitrogens with zero attached hydrogens (tertiary/aromatic N) is 3. The third kappa shape index (κ3) is 1.87. The maximum atomic E-state index is 10.8. The summed E-state index contributed by atoms with van der Waals surface area (Å²) in [7, 11) is 0. The van der Waals surface area contributed by atoms with Gasteiger partial charge in [-0.25, -0.2) is 4.98 Å². The van der Waals surface area contributed by atoms with Gasteiger partial charge in [-0.05, 0) is 18.2 Å². The predicted octanol–water partition coefficient (Wildman–Crippen LogP) is 3.01. The van der Waals surface area contributed by atoms with E-state index in [9.17, 15) is 10.1 Å². The summed E-state index contributed by atoms with van der Waals surface area (Å²) in [6.07, 6.45) is 0. The lowest BCUT2D eigenvalue weighted by molar-refractivity contribution is -0.384. The number of nitro benzene ring substituents is 1. The maximum Gasteiger partial charge on any atom is 0.271 e. The quantitative estimate of drug-likeness (QED) is 0.568. The molecule has 1 N–H and O–H groups in total. The molecule has 0 aliphatic heterocycles. The number of hydrogen-bond donors (Lipinski definition) is 1. The number of aromatic amines is 1. The lowest BCUT2D eigenvalue weighted by atomic mass is 10.1. The lowest BCUT2D eigenvalue weighted by Crippen LogP contribution is -1.86. The van der Waals surface area contributed by atoms with Crippen LogP contribution in [-0.2, 0) is 0 Å². The molecule has 6 nitrogen and oxygen atoms in total. The molecule has 3 rings (SSSR count). The molecule has 2 aromatic carbocycles. The fourth-order valence-electron chi connectivity index (χ4n) is 2.03. The van der Waals surface area contributed by atoms with Crippen molar-refractivity contribution < 1.29 is 4.92 Å². The SMILES string of the molecule is N#Cc1ccccc1-c1nc2ccc([N+](=O)[O-])cc2[nH]1. The minimum Gasteiger partial charge on any atom is -0.338 e. The molecular weight excluding hydrogens is 256 g/mol. The zero-order valence-electron chi connectivity index (χ0n) is 10.2. The molecule has 0 radical (unpaired) electrons. The van der Waals surface area contributed by atoms with Crippen molar-refractivity contribution in [2.24, 2.45) is 0 Å². The van der Waals surface area contributed by atoms with Gasteiger partial charge in [-0.15, -0.1) is 0 Å². The average Bonchev–Trinajstić information content (AvgIpc) is 2.89. The molecule has 0 amide bonds. The first-order valence-electron chi connectivity index (χ1n) is 5.82. The number of H-pyrrole nitrogens is 1. The molecule has 0 aliphatic rings. The second kappa shape index (κ2) is 4.48. The maximum absolute atomic E-state index is 10.8. The van der Waals surface area contributed by atoms with Crippen LogP contribution in [0, 0.1) is 21.4 Å². The first-order chi connectivity index (χ1) is 9.69. The van der Waals surface area contributed by atoms with Gasteiger partial charge in [0.15, 0.2) is 0 Å². The van der Waals surface area contributed by atoms with Crippen LogP contribution in [0.15, 0.2) is 42.5 Å². The van der Waals surface area contributed by atoms with Gasteiger partial charge < -0.3 is 4.98 Å². The summed E-state index contributed by atoms with van der Waals surface area (Å²) in [5, 5.41) is 19.8. The molecule has 20 heavy (non-hydrogen) atoms. The monoisotopic (exact) mass is 264 g/mol. The summed E-state index contributed by atoms with van der Waals surface area (Å²) >= 11 is 0. The molecular formula is C14H8N4O2. The van der Waals surface area contributed by atoms with Crippen LogP contribution in [0.2, 0.25) is 0 Å². The normalized spacial score (nSPS) is 10.3. The van der Waals surface area contributed by atoms with E-state index in [0.717, 1.165) is 0 Å². The number of nitriles is 1. The minimum absolute atomic E-state index is 0.00117. The fraction of sp³-hybridized carbons (Fsp3) is 0. The molecule has 0 aliphatic carbocycles. The van der Waals surface area contributed by atoms with Crippen LogP contribution in [-0.4, -0.2) is 14.9 Å². The number of fused-ring (bicyclic) bond motifs is 1. The van der Waals surface area contributed by atoms with Crippen LogP contribution in [0.4, 0.5) is 5.69 Å². The van der Waals surface area contributed by atoms with E-state index in [-0.39, 0.29) is 5.69 Å². The third-order valence-electron chi connectivity index (χ3n) is 2.98. The fourth-order valence-corrected chi connectivity index (χ4v) is 2.03. The minimum atomic E-state index is -0.455. The molecule has 0 saturated heterocycles. The van der Waals surface area contributed by atoms with Crippen LogP contribution in [0.5, 0.6) is 0 Å². The molecule has 0 atom stereocenters. The molecule has 1 aromatic heterocycles. The Kier molecular flexibility index (Phi) is 2.66. The summed E-state index contributed by atoms with van der Waals surface area (Å²) in [6, 6.07) is 13.6. The lowest BCUT2D eigenvalue weighted by Gasteiger charge is -1.98. The largest absolute Gasteiger partial charge is 0.338 e. The van der Waals surface area contributed by atoms with Crippen molar-refractivity contribution in [3.8, 4) is 17.5 Å². The molecule has 0 unspecified atom stereocenters. The zero-order valence-corrected chi connectivity index (χ0v) is 10.2. The molecule has 3 aromatic rings. The average molecular weight is 264 g/mol. The number of aromatic nitrogens is 2. The van der Waals surface area contributed by atoms with E-state index in [4.69, 9.17) is 5.26 Å². The van der Waals surface area contributed by atoms with E-state index in [1.807, 2.05) is 6.07 Å². The van der Waals surface area contributed by atoms with Crippen LogP contribution in [0.3, 0.4) is 0 Å². The number of benzene rings is 2. The molecule has 0 bridgehead atoms. The van der Waals surface area contributed by atoms with Crippen LogP contribution in [0.25, 0.3) is 22.4 Å². The Morgan fingerprint density at radius 3 is 2.80 bits per heavy atom. The number of nitro groups is 1. The van der Waals surface area contributed by atoms with Gasteiger partial charge >= 0.3 is 0 Å². The van der Waals surface area contributed by atoms with Gasteiger partial charge in [-0.3, -0.25) is 10.1 Å². The topological polar surface area (TPSA) is 95.6 Å². The van der Waals surface area contributed by atoms with Crippen molar-refractivity contribution in [3.05, 3.63) is 58.1 Å². The third-order valence-corrected chi connectivity index (χ3v) is 2.98. The Labute approximate surface area is 113 Å². The number of imidazole rings is 1. The first-order valence-corrected chi connectivity index (χ1v) is 5.82. The Morgan fingerprint density at radius 2 is 2.05 bits per heavy atom. The van der Waals surface area contributed by atoms with Crippen molar-refractivity contribution in [1.29, 1.82) is 5.26 Å². The van der Waals surface area contributed by atoms with Gasteiger partial charge in [0.2, 0.25) is 0 Å². The number of hydrogen-bond acceptors (Lipinski definition) is 4. The standard InChI is InChI=1S/C14H8N4O2/c15-8-9-3-1-2-4-11(9)14-16-12-6-5-10(18(19)20)7-13(12)17-14/h1-7H,(H,16,17). The summed E-state index contributed by atoms with van der Waals surface area (Å²) in [4.78, 5) is 17.7. The highest BCUT2D eigenvalue weighted by atomic mass is 16.6. The highest BCUT2D eigenvalue weighted by molar-refractivity contribution is 5.82. The second-order valence-electron chi connectivity index (χ2n) is 4.20. The number of nitrogens with one attached hydrogen (secondary N) is 1. The highest BCUT2D eigenvalue weighted by Crippen LogP contribution is 2.25. The van der Waals surface area contributed by atoms with Gasteiger partial charge in [-0.1, -0.05) is 12.1 Å². The summed E-state index contributed by atoms with van der Waals surface area (Å²) in [6.45, 7) is 0. The van der Waals surface area contributed by atoms with Crippen molar-refractivity contribution >= 4 is 16.7 Å². The second-order valence-corrected chi connectivity index (χ2v) is 4.20. The molecule has 1 heterocycles. The van der Waals surface area contributed by atoms with Gasteiger partial charge in [0.05, 0.1) is 27.6 Å².